The molecule has 1 heterocycles. The van der Waals surface area contributed by atoms with Gasteiger partial charge in [0.2, 0.25) is 0 Å². The minimum atomic E-state index is -0.0832. The molecule has 2 rings (SSSR count). The third-order valence-electron chi connectivity index (χ3n) is 3.51. The molecule has 5 nitrogen and oxygen atoms in total. The highest BCUT2D eigenvalue weighted by atomic mass is 79.9. The van der Waals surface area contributed by atoms with E-state index in [1.807, 2.05) is 12.1 Å². The SMILES string of the molecule is O=C(NCCc1cccc(Br)c1)NCCN1CCNCC1. The molecule has 0 radical (unpaired) electrons. The van der Waals surface area contributed by atoms with Gasteiger partial charge in [-0.2, -0.15) is 0 Å². The van der Waals surface area contributed by atoms with E-state index < -0.39 is 0 Å². The molecule has 6 heteroatoms. The van der Waals surface area contributed by atoms with E-state index in [0.29, 0.717) is 13.1 Å². The zero-order chi connectivity index (χ0) is 14.9. The third-order valence-corrected chi connectivity index (χ3v) is 4.00. The number of hydrogen-bond donors (Lipinski definition) is 3. The number of carbonyl (C=O) groups is 1. The molecule has 0 saturated carbocycles. The maximum absolute atomic E-state index is 11.7. The molecule has 0 unspecified atom stereocenters. The topological polar surface area (TPSA) is 56.4 Å². The molecule has 0 bridgehead atoms. The van der Waals surface area contributed by atoms with Crippen LogP contribution in [0.25, 0.3) is 0 Å². The van der Waals surface area contributed by atoms with Crippen molar-refractivity contribution < 1.29 is 4.79 Å². The van der Waals surface area contributed by atoms with Gasteiger partial charge in [0.05, 0.1) is 0 Å². The van der Waals surface area contributed by atoms with E-state index in [4.69, 9.17) is 0 Å². The molecule has 1 aliphatic rings. The molecule has 0 atom stereocenters. The van der Waals surface area contributed by atoms with Crippen molar-refractivity contribution in [2.75, 3.05) is 45.8 Å². The van der Waals surface area contributed by atoms with Crippen molar-refractivity contribution >= 4 is 22.0 Å². The summed E-state index contributed by atoms with van der Waals surface area (Å²) in [5, 5.41) is 9.11. The van der Waals surface area contributed by atoms with Gasteiger partial charge in [-0.3, -0.25) is 4.90 Å². The largest absolute Gasteiger partial charge is 0.338 e. The maximum atomic E-state index is 11.7. The fraction of sp³-hybridized carbons (Fsp3) is 0.533. The first-order valence-corrected chi connectivity index (χ1v) is 8.22. The van der Waals surface area contributed by atoms with Crippen LogP contribution in [0.3, 0.4) is 0 Å². The lowest BCUT2D eigenvalue weighted by molar-refractivity contribution is 0.227. The van der Waals surface area contributed by atoms with Gasteiger partial charge in [-0.1, -0.05) is 28.1 Å². The van der Waals surface area contributed by atoms with Gasteiger partial charge < -0.3 is 16.0 Å². The molecule has 21 heavy (non-hydrogen) atoms. The van der Waals surface area contributed by atoms with Crippen LogP contribution in [0.4, 0.5) is 4.79 Å². The Kier molecular flexibility index (Phi) is 6.99. The summed E-state index contributed by atoms with van der Waals surface area (Å²) in [5.41, 5.74) is 1.21. The van der Waals surface area contributed by atoms with Gasteiger partial charge >= 0.3 is 6.03 Å². The van der Waals surface area contributed by atoms with E-state index in [2.05, 4.69) is 48.9 Å². The van der Waals surface area contributed by atoms with Crippen molar-refractivity contribution in [2.24, 2.45) is 0 Å². The van der Waals surface area contributed by atoms with Crippen LogP contribution in [-0.2, 0) is 6.42 Å². The summed E-state index contributed by atoms with van der Waals surface area (Å²) in [7, 11) is 0. The van der Waals surface area contributed by atoms with Gasteiger partial charge in [0, 0.05) is 50.3 Å². The number of carbonyl (C=O) groups excluding carboxylic acids is 1. The molecular formula is C15H23BrN4O. The first-order chi connectivity index (χ1) is 10.2. The Morgan fingerprint density at radius 3 is 2.76 bits per heavy atom. The van der Waals surface area contributed by atoms with Crippen LogP contribution in [0.2, 0.25) is 0 Å². The first kappa shape index (κ1) is 16.3. The standard InChI is InChI=1S/C15H23BrN4O/c16-14-3-1-2-13(12-14)4-5-18-15(21)19-8-11-20-9-6-17-7-10-20/h1-3,12,17H,4-11H2,(H2,18,19,21). The van der Waals surface area contributed by atoms with Crippen LogP contribution in [0.5, 0.6) is 0 Å². The molecule has 1 fully saturated rings. The summed E-state index contributed by atoms with van der Waals surface area (Å²) >= 11 is 3.45. The van der Waals surface area contributed by atoms with E-state index in [0.717, 1.165) is 43.6 Å². The number of rotatable bonds is 6. The Hall–Kier alpha value is -1.11. The van der Waals surface area contributed by atoms with Gasteiger partial charge in [-0.05, 0) is 24.1 Å². The molecule has 0 aliphatic carbocycles. The minimum Gasteiger partial charge on any atom is -0.338 e. The summed E-state index contributed by atoms with van der Waals surface area (Å²) in [6, 6.07) is 8.06. The molecule has 1 aromatic carbocycles. The van der Waals surface area contributed by atoms with Crippen molar-refractivity contribution in [2.45, 2.75) is 6.42 Å². The number of halogens is 1. The minimum absolute atomic E-state index is 0.0832. The molecule has 0 aromatic heterocycles. The molecule has 3 N–H and O–H groups in total. The summed E-state index contributed by atoms with van der Waals surface area (Å²) in [6.07, 6.45) is 0.838. The van der Waals surface area contributed by atoms with E-state index in [-0.39, 0.29) is 6.03 Å². The second-order valence-corrected chi connectivity index (χ2v) is 6.07. The number of nitrogens with zero attached hydrogens (tertiary/aromatic N) is 1. The zero-order valence-corrected chi connectivity index (χ0v) is 13.8. The van der Waals surface area contributed by atoms with Gasteiger partial charge in [0.1, 0.15) is 0 Å². The van der Waals surface area contributed by atoms with Crippen LogP contribution in [0.1, 0.15) is 5.56 Å². The van der Waals surface area contributed by atoms with Crippen LogP contribution in [-0.4, -0.2) is 56.7 Å². The highest BCUT2D eigenvalue weighted by molar-refractivity contribution is 9.10. The molecule has 1 saturated heterocycles. The second-order valence-electron chi connectivity index (χ2n) is 5.15. The Morgan fingerprint density at radius 2 is 2.00 bits per heavy atom. The van der Waals surface area contributed by atoms with E-state index in [9.17, 15) is 4.79 Å². The average Bonchev–Trinajstić information content (AvgIpc) is 2.48. The fourth-order valence-electron chi connectivity index (χ4n) is 2.34. The van der Waals surface area contributed by atoms with Crippen molar-refractivity contribution in [1.82, 2.24) is 20.9 Å². The third kappa shape index (κ3) is 6.46. The average molecular weight is 355 g/mol. The summed E-state index contributed by atoms with van der Waals surface area (Å²) in [5.74, 6) is 0. The van der Waals surface area contributed by atoms with Crippen LogP contribution >= 0.6 is 15.9 Å². The van der Waals surface area contributed by atoms with Crippen molar-refractivity contribution in [3.8, 4) is 0 Å². The van der Waals surface area contributed by atoms with E-state index >= 15 is 0 Å². The van der Waals surface area contributed by atoms with Gasteiger partial charge in [-0.15, -0.1) is 0 Å². The predicted octanol–water partition coefficient (Wildman–Crippen LogP) is 1.20. The number of nitrogens with one attached hydrogen (secondary N) is 3. The molecule has 1 aliphatic heterocycles. The van der Waals surface area contributed by atoms with Crippen LogP contribution in [0.15, 0.2) is 28.7 Å². The normalized spacial score (nSPS) is 15.7. The Bertz CT molecular complexity index is 449. The summed E-state index contributed by atoms with van der Waals surface area (Å²) in [6.45, 7) is 6.47. The number of piperazine rings is 1. The first-order valence-electron chi connectivity index (χ1n) is 7.43. The number of amides is 2. The Labute approximate surface area is 134 Å². The molecule has 0 spiro atoms. The van der Waals surface area contributed by atoms with Crippen LogP contribution in [0, 0.1) is 0 Å². The predicted molar refractivity (Wildman–Crippen MR) is 88.6 cm³/mol. The number of hydrogen-bond acceptors (Lipinski definition) is 3. The van der Waals surface area contributed by atoms with Gasteiger partial charge in [0.25, 0.3) is 0 Å². The lowest BCUT2D eigenvalue weighted by Gasteiger charge is -2.27. The van der Waals surface area contributed by atoms with Crippen molar-refractivity contribution in [3.05, 3.63) is 34.3 Å². The van der Waals surface area contributed by atoms with Crippen LogP contribution < -0.4 is 16.0 Å². The highest BCUT2D eigenvalue weighted by Gasteiger charge is 2.09. The lowest BCUT2D eigenvalue weighted by atomic mass is 10.1. The molecule has 1 aromatic rings. The summed E-state index contributed by atoms with van der Waals surface area (Å²) < 4.78 is 1.07. The zero-order valence-electron chi connectivity index (χ0n) is 12.2. The molecular weight excluding hydrogens is 332 g/mol. The molecule has 2 amide bonds. The Balaban J connectivity index is 1.55. The second kappa shape index (κ2) is 9.02. The van der Waals surface area contributed by atoms with Gasteiger partial charge in [0.15, 0.2) is 0 Å². The van der Waals surface area contributed by atoms with Crippen molar-refractivity contribution in [3.63, 3.8) is 0 Å². The Morgan fingerprint density at radius 1 is 1.24 bits per heavy atom. The fourth-order valence-corrected chi connectivity index (χ4v) is 2.78. The monoisotopic (exact) mass is 354 g/mol. The number of urea groups is 1. The lowest BCUT2D eigenvalue weighted by Crippen LogP contribution is -2.47. The molecule has 116 valence electrons. The van der Waals surface area contributed by atoms with E-state index in [1.54, 1.807) is 0 Å². The quantitative estimate of drug-likeness (QED) is 0.719. The highest BCUT2D eigenvalue weighted by Crippen LogP contribution is 2.11. The van der Waals surface area contributed by atoms with Gasteiger partial charge in [-0.25, -0.2) is 4.79 Å². The summed E-state index contributed by atoms with van der Waals surface area (Å²) in [4.78, 5) is 14.0. The maximum Gasteiger partial charge on any atom is 0.314 e. The van der Waals surface area contributed by atoms with Crippen molar-refractivity contribution in [1.29, 1.82) is 0 Å². The smallest absolute Gasteiger partial charge is 0.314 e. The van der Waals surface area contributed by atoms with E-state index in [1.165, 1.54) is 5.56 Å². The number of benzene rings is 1.